The molecule has 0 aromatic carbocycles. The number of nitrogens with one attached hydrogen (secondary N) is 1. The molecule has 0 radical (unpaired) electrons. The normalized spacial score (nSPS) is 28.3. The van der Waals surface area contributed by atoms with E-state index in [0.717, 1.165) is 12.3 Å². The number of aromatic nitrogens is 2. The van der Waals surface area contributed by atoms with Crippen LogP contribution in [-0.2, 0) is 31.6 Å². The summed E-state index contributed by atoms with van der Waals surface area (Å²) in [5, 5.41) is 19.9. The summed E-state index contributed by atoms with van der Waals surface area (Å²) >= 11 is 0. The van der Waals surface area contributed by atoms with Crippen molar-refractivity contribution in [1.29, 1.82) is 0 Å². The first-order valence-corrected chi connectivity index (χ1v) is 11.7. The molecule has 1 saturated heterocycles. The average Bonchev–Trinajstić information content (AvgIpc) is 2.78. The molecule has 6 atom stereocenters. The molecule has 2 heterocycles. The van der Waals surface area contributed by atoms with Gasteiger partial charge in [0.25, 0.3) is 5.56 Å². The maximum atomic E-state index is 11.7. The minimum absolute atomic E-state index is 0. The quantitative estimate of drug-likeness (QED) is 0.0962. The van der Waals surface area contributed by atoms with Crippen LogP contribution in [0.4, 0.5) is 0 Å². The minimum atomic E-state index is -5.73. The van der Waals surface area contributed by atoms with Gasteiger partial charge in [-0.3, -0.25) is 18.9 Å². The van der Waals surface area contributed by atoms with E-state index in [2.05, 4.69) is 13.1 Å². The Morgan fingerprint density at radius 1 is 1.03 bits per heavy atom. The summed E-state index contributed by atoms with van der Waals surface area (Å²) in [6.45, 7) is -1.05. The van der Waals surface area contributed by atoms with Crippen molar-refractivity contribution in [2.45, 2.75) is 24.5 Å². The van der Waals surface area contributed by atoms with E-state index in [1.54, 1.807) is 0 Å². The summed E-state index contributed by atoms with van der Waals surface area (Å²) in [4.78, 5) is 59.9. The number of rotatable bonds is 8. The number of ether oxygens (including phenoxy) is 1. The number of aliphatic hydroxyl groups excluding tert-OH is 2. The van der Waals surface area contributed by atoms with Crippen LogP contribution >= 0.6 is 23.5 Å². The van der Waals surface area contributed by atoms with Crippen molar-refractivity contribution in [3.05, 3.63) is 33.1 Å². The molecule has 30 heavy (non-hydrogen) atoms. The molecule has 1 fully saturated rings. The van der Waals surface area contributed by atoms with Gasteiger partial charge in [-0.1, -0.05) is 0 Å². The van der Waals surface area contributed by atoms with Gasteiger partial charge in [-0.15, -0.1) is 0 Å². The number of nitrogens with zero attached hydrogens (tertiary/aromatic N) is 1. The van der Waals surface area contributed by atoms with E-state index >= 15 is 0 Å². The van der Waals surface area contributed by atoms with Crippen LogP contribution in [0.25, 0.3) is 0 Å². The Labute approximate surface area is 188 Å². The van der Waals surface area contributed by atoms with Gasteiger partial charge in [0.2, 0.25) is 0 Å². The van der Waals surface area contributed by atoms with E-state index in [0.29, 0.717) is 4.57 Å². The number of phosphoric acid groups is 3. The summed E-state index contributed by atoms with van der Waals surface area (Å²) in [6, 6.07) is 0.920. The first-order valence-electron chi connectivity index (χ1n) is 7.22. The van der Waals surface area contributed by atoms with Crippen LogP contribution in [0.2, 0.25) is 0 Å². The van der Waals surface area contributed by atoms with Gasteiger partial charge in [-0.2, -0.15) is 8.62 Å². The zero-order valence-corrected chi connectivity index (χ0v) is 19.5. The molecule has 0 saturated carbocycles. The fourth-order valence-electron chi connectivity index (χ4n) is 2.20. The van der Waals surface area contributed by atoms with Gasteiger partial charge >= 0.3 is 58.7 Å². The topological polar surface area (TPSA) is 264 Å². The van der Waals surface area contributed by atoms with Gasteiger partial charge in [-0.25, -0.2) is 18.5 Å². The number of aliphatic hydroxyl groups is 2. The predicted molar refractivity (Wildman–Crippen MR) is 87.1 cm³/mol. The molecule has 0 amide bonds. The van der Waals surface area contributed by atoms with Crippen LogP contribution < -0.4 is 40.8 Å². The zero-order valence-electron chi connectivity index (χ0n) is 14.8. The van der Waals surface area contributed by atoms with Crippen molar-refractivity contribution in [2.75, 3.05) is 6.61 Å². The van der Waals surface area contributed by atoms with Crippen molar-refractivity contribution in [2.24, 2.45) is 0 Å². The molecular formula is C9H15N2NaO15P3+. The molecule has 0 bridgehead atoms. The Kier molecular flexibility index (Phi) is 9.59. The standard InChI is InChI=1S/C9H15N2O15P3.Na/c12-5-1-2-11(9(15)10-5)8-7(14)6(13)4(24-8)3-23-28(19,20)26-29(21,22)25-27(16,17)18;/h1-2,4,6-8,13-14H,3H2,(H,19,20)(H,21,22)(H,10,12,15)(H2,16,17,18);/q;+1/t4-,6-,7-,8-;/m1./s1/i1+1,2+1,3+1,4+1,5+1,6+1,7+1,8+1,9+1,10+1,11+1;. The van der Waals surface area contributed by atoms with Crippen LogP contribution in [0, 0.1) is 0 Å². The Morgan fingerprint density at radius 2 is 1.63 bits per heavy atom. The van der Waals surface area contributed by atoms with Gasteiger partial charge in [0.15, 0.2) is 6.23 Å². The molecule has 0 spiro atoms. The minimum Gasteiger partial charge on any atom is -0.387 e. The first kappa shape index (κ1) is 28.0. The van der Waals surface area contributed by atoms with Crippen molar-refractivity contribution >= 4 is 23.5 Å². The summed E-state index contributed by atoms with van der Waals surface area (Å²) < 4.78 is 50.6. The van der Waals surface area contributed by atoms with Crippen LogP contribution in [0.5, 0.6) is 0 Å². The van der Waals surface area contributed by atoms with Crippen molar-refractivity contribution in [3.8, 4) is 0 Å². The monoisotopic (exact) mass is 518 g/mol. The van der Waals surface area contributed by atoms with E-state index in [-0.39, 0.29) is 29.6 Å². The molecule has 2 unspecified atom stereocenters. The van der Waals surface area contributed by atoms with Crippen molar-refractivity contribution in [1.82, 2.24) is 9.55 Å². The first-order chi connectivity index (χ1) is 13.1. The number of hydrogen-bond donors (Lipinski definition) is 7. The molecule has 1 aromatic rings. The van der Waals surface area contributed by atoms with Crippen LogP contribution in [0.15, 0.2) is 21.9 Å². The molecule has 2 rings (SSSR count). The van der Waals surface area contributed by atoms with E-state index in [1.807, 2.05) is 4.98 Å². The second-order valence-corrected chi connectivity index (χ2v) is 9.87. The smallest absolute Gasteiger partial charge is 0.387 e. The number of H-pyrrole nitrogens is 1. The Balaban J connectivity index is 0.00000450. The largest absolute Gasteiger partial charge is 1.00 e. The van der Waals surface area contributed by atoms with Crippen molar-refractivity contribution < 1.29 is 90.9 Å². The molecule has 1 aromatic heterocycles. The van der Waals surface area contributed by atoms with Crippen LogP contribution in [0.1, 0.15) is 6.23 Å². The predicted octanol–water partition coefficient (Wildman–Crippen LogP) is -5.50. The maximum Gasteiger partial charge on any atom is 1.00 e. The van der Waals surface area contributed by atoms with Crippen LogP contribution in [0.3, 0.4) is 0 Å². The second-order valence-electron chi connectivity index (χ2n) is 5.45. The fourth-order valence-corrected chi connectivity index (χ4v) is 5.23. The summed E-state index contributed by atoms with van der Waals surface area (Å²) in [5.74, 6) is 0. The summed E-state index contributed by atoms with van der Waals surface area (Å²) in [5.41, 5.74) is -1.74. The van der Waals surface area contributed by atoms with Gasteiger partial charge in [0.1, 0.15) is 18.3 Å². The third-order valence-corrected chi connectivity index (χ3v) is 7.08. The van der Waals surface area contributed by atoms with Crippen LogP contribution in [-0.4, -0.2) is 64.3 Å². The number of aromatic amines is 1. The Bertz CT molecular complexity index is 1000. The van der Waals surface area contributed by atoms with Gasteiger partial charge < -0.3 is 34.5 Å². The number of hydrogen-bond acceptors (Lipinski definition) is 11. The third-order valence-electron chi connectivity index (χ3n) is 3.28. The maximum absolute atomic E-state index is 11.7. The Morgan fingerprint density at radius 3 is 2.17 bits per heavy atom. The van der Waals surface area contributed by atoms with Gasteiger partial charge in [0.05, 0.1) is 6.61 Å². The van der Waals surface area contributed by atoms with Gasteiger partial charge in [0, 0.05) is 12.3 Å². The van der Waals surface area contributed by atoms with E-state index in [4.69, 9.17) is 19.4 Å². The molecule has 1 aliphatic rings. The molecule has 1 aliphatic heterocycles. The van der Waals surface area contributed by atoms with E-state index < -0.39 is 65.9 Å². The molecule has 21 heteroatoms. The van der Waals surface area contributed by atoms with Gasteiger partial charge in [-0.05, 0) is 0 Å². The molecule has 166 valence electrons. The number of phosphoric ester groups is 1. The molecular weight excluding hydrogens is 503 g/mol. The third kappa shape index (κ3) is 7.83. The van der Waals surface area contributed by atoms with E-state index in [9.17, 15) is 38.4 Å². The van der Waals surface area contributed by atoms with Crippen molar-refractivity contribution in [3.63, 3.8) is 0 Å². The fraction of sp³-hybridized carbons (Fsp3) is 0.556. The average molecular weight is 518 g/mol. The molecule has 0 aliphatic carbocycles. The SMILES string of the molecule is O=[13c]1[13cH][13cH][15n]([13C@@H]2O[13C@H]([13CH2]OP(=O)(O)OP(=O)(O)OP(=O)(O)O)[13C@@H](O)[13C@H]2O)[13c](=O)[15nH]1.[Na+]. The molecule has 17 nitrogen and oxygen atoms in total. The summed E-state index contributed by atoms with van der Waals surface area (Å²) in [7, 11) is -16.8. The Hall–Kier alpha value is -0.0300. The second kappa shape index (κ2) is 10.3. The van der Waals surface area contributed by atoms with E-state index in [1.165, 1.54) is 0 Å². The zero-order chi connectivity index (χ0) is 22.2. The molecule has 7 N–H and O–H groups in total. The summed E-state index contributed by atoms with van der Waals surface area (Å²) in [6.07, 6.45) is -5.70.